The number of nitrogens with one attached hydrogen (secondary N) is 2. The smallest absolute Gasteiger partial charge is 0.114 e. The van der Waals surface area contributed by atoms with E-state index < -0.39 is 0 Å². The summed E-state index contributed by atoms with van der Waals surface area (Å²) in [6.45, 7) is 18.0. The average Bonchev–Trinajstić information content (AvgIpc) is 2.50. The van der Waals surface area contributed by atoms with Gasteiger partial charge in [0.1, 0.15) is 7.85 Å². The fourth-order valence-electron chi connectivity index (χ4n) is 2.87. The maximum atomic E-state index is 5.89. The Bertz CT molecular complexity index is 629. The molecule has 128 valence electrons. The predicted molar refractivity (Wildman–Crippen MR) is 109 cm³/mol. The number of anilines is 1. The van der Waals surface area contributed by atoms with Gasteiger partial charge in [0.25, 0.3) is 0 Å². The second kappa shape index (κ2) is 9.53. The van der Waals surface area contributed by atoms with Gasteiger partial charge in [-0.05, 0) is 76.4 Å². The van der Waals surface area contributed by atoms with Crippen LogP contribution in [0.5, 0.6) is 0 Å². The first kappa shape index (κ1) is 20.3. The van der Waals surface area contributed by atoms with Crippen LogP contribution in [-0.4, -0.2) is 21.4 Å². The molecule has 0 aromatic heterocycles. The minimum atomic E-state index is 0.497. The van der Waals surface area contributed by atoms with Crippen LogP contribution < -0.4 is 16.1 Å². The maximum absolute atomic E-state index is 5.89. The highest BCUT2D eigenvalue weighted by molar-refractivity contribution is 6.33. The van der Waals surface area contributed by atoms with Crippen LogP contribution in [-0.2, 0) is 0 Å². The molecule has 1 unspecified atom stereocenters. The van der Waals surface area contributed by atoms with Crippen LogP contribution in [0.4, 0.5) is 5.69 Å². The highest BCUT2D eigenvalue weighted by Crippen LogP contribution is 2.28. The lowest BCUT2D eigenvalue weighted by Gasteiger charge is -2.21. The third kappa shape index (κ3) is 5.72. The first-order valence-corrected chi connectivity index (χ1v) is 8.61. The molecular formula is C21H31BN2. The van der Waals surface area contributed by atoms with Gasteiger partial charge in [0.05, 0.1) is 0 Å². The van der Waals surface area contributed by atoms with Crippen molar-refractivity contribution in [1.82, 2.24) is 5.32 Å². The minimum Gasteiger partial charge on any atom is -0.356 e. The molecule has 1 aromatic carbocycles. The van der Waals surface area contributed by atoms with Gasteiger partial charge < -0.3 is 10.6 Å². The van der Waals surface area contributed by atoms with Gasteiger partial charge in [-0.3, -0.25) is 0 Å². The molecule has 1 rings (SSSR count). The Morgan fingerprint density at radius 1 is 1.25 bits per heavy atom. The molecule has 0 aliphatic rings. The average molecular weight is 322 g/mol. The number of aryl methyl sites for hydroxylation is 1. The van der Waals surface area contributed by atoms with E-state index in [4.69, 9.17) is 7.85 Å². The van der Waals surface area contributed by atoms with Crippen molar-refractivity contribution in [2.24, 2.45) is 5.92 Å². The molecule has 2 nitrogen and oxygen atoms in total. The molecule has 1 atom stereocenters. The standard InChI is InChI=1S/C21H31BN2/c1-14(2)21(17(5)15(3)9-8-12-23-7)18(6)24-19-10-11-20(22)16(4)13-19/h10-11,13,15,23-24H,1,6,8-9,12H2,2-5,7H3/b21-17+. The summed E-state index contributed by atoms with van der Waals surface area (Å²) in [7, 11) is 7.89. The monoisotopic (exact) mass is 322 g/mol. The van der Waals surface area contributed by atoms with Crippen molar-refractivity contribution in [3.05, 3.63) is 59.3 Å². The van der Waals surface area contributed by atoms with Crippen molar-refractivity contribution in [3.8, 4) is 0 Å². The maximum Gasteiger partial charge on any atom is 0.114 e. The van der Waals surface area contributed by atoms with Gasteiger partial charge in [-0.1, -0.05) is 42.7 Å². The number of hydrogen-bond acceptors (Lipinski definition) is 2. The summed E-state index contributed by atoms with van der Waals surface area (Å²) >= 11 is 0. The van der Waals surface area contributed by atoms with E-state index in [1.54, 1.807) is 0 Å². The van der Waals surface area contributed by atoms with Crippen molar-refractivity contribution in [1.29, 1.82) is 0 Å². The van der Waals surface area contributed by atoms with Crippen molar-refractivity contribution in [3.63, 3.8) is 0 Å². The van der Waals surface area contributed by atoms with Gasteiger partial charge in [-0.25, -0.2) is 0 Å². The van der Waals surface area contributed by atoms with Gasteiger partial charge in [-0.2, -0.15) is 0 Å². The number of hydrogen-bond donors (Lipinski definition) is 2. The van der Waals surface area contributed by atoms with Crippen LogP contribution in [0.3, 0.4) is 0 Å². The van der Waals surface area contributed by atoms with E-state index >= 15 is 0 Å². The molecule has 0 saturated heterocycles. The molecule has 3 heteroatoms. The molecule has 2 N–H and O–H groups in total. The molecule has 0 saturated carbocycles. The van der Waals surface area contributed by atoms with Gasteiger partial charge >= 0.3 is 0 Å². The van der Waals surface area contributed by atoms with Gasteiger partial charge in [-0.15, -0.1) is 0 Å². The Labute approximate surface area is 149 Å². The summed E-state index contributed by atoms with van der Waals surface area (Å²) in [5.74, 6) is 0.497. The Balaban J connectivity index is 2.96. The summed E-state index contributed by atoms with van der Waals surface area (Å²) in [6, 6.07) is 5.94. The number of rotatable bonds is 9. The lowest BCUT2D eigenvalue weighted by molar-refractivity contribution is 0.560. The zero-order chi connectivity index (χ0) is 18.3. The van der Waals surface area contributed by atoms with E-state index in [2.05, 4.69) is 37.6 Å². The minimum absolute atomic E-state index is 0.497. The third-order valence-electron chi connectivity index (χ3n) is 4.49. The molecule has 1 aromatic rings. The van der Waals surface area contributed by atoms with E-state index in [0.29, 0.717) is 5.92 Å². The topological polar surface area (TPSA) is 24.1 Å². The van der Waals surface area contributed by atoms with E-state index in [9.17, 15) is 0 Å². The van der Waals surface area contributed by atoms with Crippen LogP contribution in [0.2, 0.25) is 0 Å². The Hall–Kier alpha value is -1.74. The first-order valence-electron chi connectivity index (χ1n) is 8.61. The van der Waals surface area contributed by atoms with Crippen molar-refractivity contribution in [2.75, 3.05) is 18.9 Å². The van der Waals surface area contributed by atoms with Crippen LogP contribution in [0, 0.1) is 12.8 Å². The molecule has 0 amide bonds. The van der Waals surface area contributed by atoms with Crippen LogP contribution >= 0.6 is 0 Å². The molecule has 0 spiro atoms. The summed E-state index contributed by atoms with van der Waals surface area (Å²) in [5, 5.41) is 6.62. The molecule has 24 heavy (non-hydrogen) atoms. The molecule has 0 aliphatic carbocycles. The third-order valence-corrected chi connectivity index (χ3v) is 4.49. The van der Waals surface area contributed by atoms with E-state index in [1.165, 1.54) is 5.57 Å². The largest absolute Gasteiger partial charge is 0.356 e. The SMILES string of the molecule is [B]c1ccc(NC(=C)/C(C(=C)C)=C(\C)C(C)CCCNC)cc1C. The van der Waals surface area contributed by atoms with Crippen LogP contribution in [0.25, 0.3) is 0 Å². The lowest BCUT2D eigenvalue weighted by atomic mass is 9.89. The summed E-state index contributed by atoms with van der Waals surface area (Å²) in [4.78, 5) is 0. The predicted octanol–water partition coefficient (Wildman–Crippen LogP) is 4.24. The number of benzene rings is 1. The van der Waals surface area contributed by atoms with Gasteiger partial charge in [0, 0.05) is 11.4 Å². The van der Waals surface area contributed by atoms with Gasteiger partial charge in [0.2, 0.25) is 0 Å². The quantitative estimate of drug-likeness (QED) is 0.404. The highest BCUT2D eigenvalue weighted by atomic mass is 14.9. The van der Waals surface area contributed by atoms with E-state index in [0.717, 1.165) is 52.9 Å². The fourth-order valence-corrected chi connectivity index (χ4v) is 2.87. The summed E-state index contributed by atoms with van der Waals surface area (Å²) < 4.78 is 0. The van der Waals surface area contributed by atoms with Crippen molar-refractivity contribution >= 4 is 19.0 Å². The Kier molecular flexibility index (Phi) is 8.07. The zero-order valence-corrected chi connectivity index (χ0v) is 15.9. The van der Waals surface area contributed by atoms with E-state index in [1.807, 2.05) is 39.1 Å². The second-order valence-corrected chi connectivity index (χ2v) is 6.66. The fraction of sp³-hybridized carbons (Fsp3) is 0.429. The van der Waals surface area contributed by atoms with Crippen LogP contribution in [0.1, 0.15) is 39.2 Å². The molecule has 0 heterocycles. The molecule has 2 radical (unpaired) electrons. The first-order chi connectivity index (χ1) is 11.3. The molecule has 0 bridgehead atoms. The van der Waals surface area contributed by atoms with Crippen LogP contribution in [0.15, 0.2) is 53.8 Å². The number of allylic oxidation sites excluding steroid dienone is 2. The zero-order valence-electron chi connectivity index (χ0n) is 15.9. The normalized spacial score (nSPS) is 13.2. The van der Waals surface area contributed by atoms with Crippen molar-refractivity contribution < 1.29 is 0 Å². The Morgan fingerprint density at radius 2 is 1.92 bits per heavy atom. The van der Waals surface area contributed by atoms with Crippen molar-refractivity contribution in [2.45, 2.75) is 40.5 Å². The molecular weight excluding hydrogens is 291 g/mol. The van der Waals surface area contributed by atoms with E-state index in [-0.39, 0.29) is 0 Å². The summed E-state index contributed by atoms with van der Waals surface area (Å²) in [5.41, 5.74) is 7.27. The molecule has 0 fully saturated rings. The second-order valence-electron chi connectivity index (χ2n) is 6.66. The van der Waals surface area contributed by atoms with Gasteiger partial charge in [0.15, 0.2) is 0 Å². The highest BCUT2D eigenvalue weighted by Gasteiger charge is 2.14. The lowest BCUT2D eigenvalue weighted by Crippen LogP contribution is -2.12. The summed E-state index contributed by atoms with van der Waals surface area (Å²) in [6.07, 6.45) is 2.31. The molecule has 0 aliphatic heterocycles. The Morgan fingerprint density at radius 3 is 2.46 bits per heavy atom.